The zero-order chi connectivity index (χ0) is 22.6. The van der Waals surface area contributed by atoms with Gasteiger partial charge in [0.05, 0.1) is 32.1 Å². The molecule has 1 aromatic carbocycles. The number of fused-ring (bicyclic) bond motifs is 1. The standard InChI is InChI=1S/C24H29N7OS/c1-17-15-33-20(27-17)14-30-11-6-9-19(30)22-28-23(25-10-12-32-2)21-24(29-22)31(16-26-21)13-18-7-4-3-5-8-18/h3-5,7-8,15-16,19H,6,9-14H2,1-2H3,(H,25,28,29). The molecule has 33 heavy (non-hydrogen) atoms. The summed E-state index contributed by atoms with van der Waals surface area (Å²) in [4.78, 5) is 21.8. The summed E-state index contributed by atoms with van der Waals surface area (Å²) in [6, 6.07) is 10.6. The molecule has 0 aliphatic carbocycles. The van der Waals surface area contributed by atoms with Crippen LogP contribution in [-0.4, -0.2) is 56.2 Å². The molecule has 1 fully saturated rings. The van der Waals surface area contributed by atoms with Crippen molar-refractivity contribution in [2.45, 2.75) is 38.9 Å². The average Bonchev–Trinajstić information content (AvgIpc) is 3.56. The molecule has 0 spiro atoms. The highest BCUT2D eigenvalue weighted by Gasteiger charge is 2.30. The lowest BCUT2D eigenvalue weighted by atomic mass is 10.2. The summed E-state index contributed by atoms with van der Waals surface area (Å²) in [6.45, 7) is 5.90. The van der Waals surface area contributed by atoms with Gasteiger partial charge < -0.3 is 14.6 Å². The Bertz CT molecular complexity index is 1210. The lowest BCUT2D eigenvalue weighted by Crippen LogP contribution is -2.25. The lowest BCUT2D eigenvalue weighted by molar-refractivity contribution is 0.210. The van der Waals surface area contributed by atoms with Crippen molar-refractivity contribution < 1.29 is 4.74 Å². The summed E-state index contributed by atoms with van der Waals surface area (Å²) in [5.74, 6) is 1.62. The molecule has 5 rings (SSSR count). The van der Waals surface area contributed by atoms with E-state index in [0.717, 1.165) is 66.0 Å². The topological polar surface area (TPSA) is 81.0 Å². The monoisotopic (exact) mass is 463 g/mol. The first-order chi connectivity index (χ1) is 16.2. The predicted octanol–water partition coefficient (Wildman–Crippen LogP) is 4.03. The summed E-state index contributed by atoms with van der Waals surface area (Å²) < 4.78 is 7.34. The van der Waals surface area contributed by atoms with Crippen molar-refractivity contribution in [3.8, 4) is 0 Å². The van der Waals surface area contributed by atoms with Gasteiger partial charge in [-0.1, -0.05) is 30.3 Å². The quantitative estimate of drug-likeness (QED) is 0.375. The SMILES string of the molecule is COCCNc1nc(C2CCCN2Cc2nc(C)cs2)nc2c1ncn2Cc1ccccc1. The molecular formula is C24H29N7OS. The molecule has 1 unspecified atom stereocenters. The number of anilines is 1. The molecule has 4 heterocycles. The number of rotatable bonds is 9. The van der Waals surface area contributed by atoms with Gasteiger partial charge in [0.25, 0.3) is 0 Å². The minimum Gasteiger partial charge on any atom is -0.383 e. The molecule has 0 bridgehead atoms. The highest BCUT2D eigenvalue weighted by atomic mass is 32.1. The summed E-state index contributed by atoms with van der Waals surface area (Å²) in [7, 11) is 1.70. The van der Waals surface area contributed by atoms with Gasteiger partial charge in [-0.05, 0) is 31.9 Å². The summed E-state index contributed by atoms with van der Waals surface area (Å²) in [5.41, 5.74) is 3.96. The number of ether oxygens (including phenoxy) is 1. The van der Waals surface area contributed by atoms with Crippen molar-refractivity contribution in [1.29, 1.82) is 0 Å². The van der Waals surface area contributed by atoms with Crippen LogP contribution in [0.15, 0.2) is 42.0 Å². The molecule has 0 amide bonds. The van der Waals surface area contributed by atoms with E-state index in [9.17, 15) is 0 Å². The Morgan fingerprint density at radius 1 is 1.15 bits per heavy atom. The Kier molecular flexibility index (Phi) is 6.61. The molecule has 8 nitrogen and oxygen atoms in total. The normalized spacial score (nSPS) is 16.6. The second-order valence-corrected chi connectivity index (χ2v) is 9.33. The van der Waals surface area contributed by atoms with Crippen molar-refractivity contribution in [3.05, 3.63) is 64.1 Å². The van der Waals surface area contributed by atoms with E-state index < -0.39 is 0 Å². The highest BCUT2D eigenvalue weighted by molar-refractivity contribution is 7.09. The van der Waals surface area contributed by atoms with Crippen molar-refractivity contribution in [3.63, 3.8) is 0 Å². The smallest absolute Gasteiger partial charge is 0.166 e. The molecule has 1 aliphatic heterocycles. The zero-order valence-electron chi connectivity index (χ0n) is 19.1. The second-order valence-electron chi connectivity index (χ2n) is 8.39. The molecule has 1 N–H and O–H groups in total. The van der Waals surface area contributed by atoms with Crippen LogP contribution < -0.4 is 5.32 Å². The number of aryl methyl sites for hydroxylation is 1. The number of aromatic nitrogens is 5. The second kappa shape index (κ2) is 9.94. The molecule has 0 radical (unpaired) electrons. The maximum atomic E-state index is 5.23. The van der Waals surface area contributed by atoms with E-state index >= 15 is 0 Å². The van der Waals surface area contributed by atoms with Gasteiger partial charge in [0.15, 0.2) is 11.5 Å². The number of methoxy groups -OCH3 is 1. The molecule has 3 aromatic heterocycles. The zero-order valence-corrected chi connectivity index (χ0v) is 19.9. The number of nitrogens with zero attached hydrogens (tertiary/aromatic N) is 6. The van der Waals surface area contributed by atoms with Gasteiger partial charge >= 0.3 is 0 Å². The fourth-order valence-electron chi connectivity index (χ4n) is 4.36. The van der Waals surface area contributed by atoms with Gasteiger partial charge in [-0.2, -0.15) is 0 Å². The Morgan fingerprint density at radius 2 is 2.03 bits per heavy atom. The lowest BCUT2D eigenvalue weighted by Gasteiger charge is -2.23. The van der Waals surface area contributed by atoms with Crippen molar-refractivity contribution >= 4 is 28.3 Å². The van der Waals surface area contributed by atoms with E-state index in [2.05, 4.69) is 54.4 Å². The minimum absolute atomic E-state index is 0.168. The fraction of sp³-hybridized carbons (Fsp3) is 0.417. The first kappa shape index (κ1) is 21.9. The molecule has 172 valence electrons. The maximum absolute atomic E-state index is 5.23. The molecule has 4 aromatic rings. The summed E-state index contributed by atoms with van der Waals surface area (Å²) in [5, 5.41) is 6.68. The summed E-state index contributed by atoms with van der Waals surface area (Å²) >= 11 is 1.72. The number of imidazole rings is 1. The van der Waals surface area contributed by atoms with E-state index in [4.69, 9.17) is 14.7 Å². The fourth-order valence-corrected chi connectivity index (χ4v) is 5.15. The molecule has 1 aliphatic rings. The van der Waals surface area contributed by atoms with Gasteiger partial charge in [0, 0.05) is 24.7 Å². The van der Waals surface area contributed by atoms with Gasteiger partial charge in [-0.15, -0.1) is 11.3 Å². The van der Waals surface area contributed by atoms with Crippen LogP contribution in [0.2, 0.25) is 0 Å². The van der Waals surface area contributed by atoms with Crippen LogP contribution in [0.25, 0.3) is 11.2 Å². The van der Waals surface area contributed by atoms with Crippen LogP contribution in [0.5, 0.6) is 0 Å². The molecule has 1 saturated heterocycles. The number of likely N-dealkylation sites (tertiary alicyclic amines) is 1. The van der Waals surface area contributed by atoms with Gasteiger partial charge in [-0.25, -0.2) is 19.9 Å². The van der Waals surface area contributed by atoms with Crippen LogP contribution in [0.1, 0.15) is 41.0 Å². The van der Waals surface area contributed by atoms with E-state index in [1.165, 1.54) is 5.56 Å². The van der Waals surface area contributed by atoms with E-state index in [0.29, 0.717) is 13.2 Å². The van der Waals surface area contributed by atoms with E-state index in [1.54, 1.807) is 18.4 Å². The first-order valence-corrected chi connectivity index (χ1v) is 12.2. The third-order valence-electron chi connectivity index (χ3n) is 5.94. The third-order valence-corrected chi connectivity index (χ3v) is 6.89. The number of nitrogens with one attached hydrogen (secondary N) is 1. The van der Waals surface area contributed by atoms with Gasteiger partial charge in [-0.3, -0.25) is 4.90 Å². The van der Waals surface area contributed by atoms with Crippen LogP contribution in [0, 0.1) is 6.92 Å². The Hall–Kier alpha value is -2.88. The average molecular weight is 464 g/mol. The predicted molar refractivity (Wildman–Crippen MR) is 130 cm³/mol. The number of hydrogen-bond acceptors (Lipinski definition) is 8. The van der Waals surface area contributed by atoms with Crippen molar-refractivity contribution in [2.24, 2.45) is 0 Å². The van der Waals surface area contributed by atoms with Crippen LogP contribution in [0.3, 0.4) is 0 Å². The van der Waals surface area contributed by atoms with Crippen molar-refractivity contribution in [1.82, 2.24) is 29.4 Å². The minimum atomic E-state index is 0.168. The van der Waals surface area contributed by atoms with Gasteiger partial charge in [0.2, 0.25) is 0 Å². The van der Waals surface area contributed by atoms with Crippen LogP contribution >= 0.6 is 11.3 Å². The highest BCUT2D eigenvalue weighted by Crippen LogP contribution is 2.33. The van der Waals surface area contributed by atoms with Gasteiger partial charge in [0.1, 0.15) is 16.3 Å². The Morgan fingerprint density at radius 3 is 2.82 bits per heavy atom. The van der Waals surface area contributed by atoms with Crippen molar-refractivity contribution in [2.75, 3.05) is 32.1 Å². The van der Waals surface area contributed by atoms with E-state index in [-0.39, 0.29) is 6.04 Å². The Labute approximate surface area is 197 Å². The number of thiazole rings is 1. The van der Waals surface area contributed by atoms with Crippen LogP contribution in [0.4, 0.5) is 5.82 Å². The number of hydrogen-bond donors (Lipinski definition) is 1. The Balaban J connectivity index is 1.49. The molecule has 0 saturated carbocycles. The molecular weight excluding hydrogens is 434 g/mol. The van der Waals surface area contributed by atoms with Crippen LogP contribution in [-0.2, 0) is 17.8 Å². The third kappa shape index (κ3) is 4.90. The number of benzene rings is 1. The molecule has 9 heteroatoms. The largest absolute Gasteiger partial charge is 0.383 e. The maximum Gasteiger partial charge on any atom is 0.166 e. The molecule has 1 atom stereocenters. The summed E-state index contributed by atoms with van der Waals surface area (Å²) in [6.07, 6.45) is 4.04. The first-order valence-electron chi connectivity index (χ1n) is 11.4. The van der Waals surface area contributed by atoms with E-state index in [1.807, 2.05) is 19.3 Å².